The van der Waals surface area contributed by atoms with E-state index in [9.17, 15) is 15.8 Å². The molecule has 1 aliphatic carbocycles. The van der Waals surface area contributed by atoms with Gasteiger partial charge in [-0.1, -0.05) is 72.8 Å². The zero-order chi connectivity index (χ0) is 33.8. The first kappa shape index (κ1) is 29.0. The quantitative estimate of drug-likeness (QED) is 0.192. The van der Waals surface area contributed by atoms with Crippen LogP contribution in [0.3, 0.4) is 0 Å². The van der Waals surface area contributed by atoms with E-state index in [2.05, 4.69) is 100 Å². The van der Waals surface area contributed by atoms with Crippen molar-refractivity contribution in [2.24, 2.45) is 0 Å². The Labute approximate surface area is 288 Å². The Hall–Kier alpha value is -7.13. The van der Waals surface area contributed by atoms with E-state index < -0.39 is 0 Å². The average Bonchev–Trinajstić information content (AvgIpc) is 3.69. The number of allylic oxidation sites excluding steroid dienone is 4. The van der Waals surface area contributed by atoms with E-state index in [-0.39, 0.29) is 0 Å². The Bertz CT molecular complexity index is 2910. The maximum Gasteiger partial charge on any atom is 0.0998 e. The normalized spacial score (nSPS) is 12.8. The number of hydrogen-bond donors (Lipinski definition) is 0. The highest BCUT2D eigenvalue weighted by atomic mass is 15.0. The molecular formula is C45H27N5. The van der Waals surface area contributed by atoms with Gasteiger partial charge in [0.25, 0.3) is 0 Å². The zero-order valence-electron chi connectivity index (χ0n) is 26.9. The van der Waals surface area contributed by atoms with E-state index in [1.54, 1.807) is 0 Å². The molecular weight excluding hydrogens is 611 g/mol. The Morgan fingerprint density at radius 3 is 1.80 bits per heavy atom. The van der Waals surface area contributed by atoms with Gasteiger partial charge in [-0.15, -0.1) is 0 Å². The molecule has 0 amide bonds. The molecule has 0 aliphatic heterocycles. The summed E-state index contributed by atoms with van der Waals surface area (Å²) in [6.07, 6.45) is 6.06. The fraction of sp³-hybridized carbons (Fsp3) is 0.0444. The monoisotopic (exact) mass is 637 g/mol. The molecule has 5 nitrogen and oxygen atoms in total. The molecule has 8 aromatic rings. The topological polar surface area (TPSA) is 81.2 Å². The van der Waals surface area contributed by atoms with Crippen molar-refractivity contribution in [3.63, 3.8) is 0 Å². The van der Waals surface area contributed by atoms with Crippen LogP contribution in [-0.2, 0) is 0 Å². The summed E-state index contributed by atoms with van der Waals surface area (Å²) in [6, 6.07) is 50.0. The fourth-order valence-corrected chi connectivity index (χ4v) is 7.66. The minimum atomic E-state index is 0.611. The van der Waals surface area contributed by atoms with Crippen LogP contribution < -0.4 is 0 Å². The summed E-state index contributed by atoms with van der Waals surface area (Å²) in [7, 11) is 0. The van der Waals surface area contributed by atoms with Crippen molar-refractivity contribution in [3.8, 4) is 35.0 Å². The molecule has 232 valence electrons. The summed E-state index contributed by atoms with van der Waals surface area (Å²) in [5.41, 5.74) is 12.2. The summed E-state index contributed by atoms with van der Waals surface area (Å²) in [6.45, 7) is 0. The molecule has 0 N–H and O–H groups in total. The highest BCUT2D eigenvalue weighted by Crippen LogP contribution is 2.40. The Balaban J connectivity index is 1.19. The largest absolute Gasteiger partial charge is 0.312 e. The molecule has 6 aromatic carbocycles. The SMILES string of the molecule is N#Cc1ccc2c(c1)c1ccccc1n2C1=C(c2ccc(-c3cccc(-n4c5ccccc5c5cc(C#N)ccc54)c3)cc2C#N)C=CCC1. The first-order valence-corrected chi connectivity index (χ1v) is 16.6. The number of rotatable bonds is 4. The lowest BCUT2D eigenvalue weighted by Gasteiger charge is -2.21. The van der Waals surface area contributed by atoms with Gasteiger partial charge >= 0.3 is 0 Å². The van der Waals surface area contributed by atoms with E-state index >= 15 is 0 Å². The molecule has 9 rings (SSSR count). The smallest absolute Gasteiger partial charge is 0.0998 e. The minimum absolute atomic E-state index is 0.611. The first-order chi connectivity index (χ1) is 24.7. The molecule has 1 aliphatic rings. The third-order valence-electron chi connectivity index (χ3n) is 9.88. The molecule has 0 bridgehead atoms. The standard InChI is InChI=1S/C45H27N5/c46-26-29-16-20-44-39(22-29)37-11-2-4-13-41(37)49(44)34-9-7-8-31(25-34)32-18-19-35(33(24-32)28-48)36-10-1-5-14-42(36)50-43-15-6-3-12-38(43)40-23-30(27-47)17-21-45(40)50/h1-4,6-13,15-25H,5,14H2. The summed E-state index contributed by atoms with van der Waals surface area (Å²) < 4.78 is 4.55. The second-order valence-corrected chi connectivity index (χ2v) is 12.6. The van der Waals surface area contributed by atoms with Crippen LogP contribution in [0.25, 0.3) is 71.7 Å². The van der Waals surface area contributed by atoms with E-state index in [0.29, 0.717) is 16.7 Å². The van der Waals surface area contributed by atoms with Crippen molar-refractivity contribution < 1.29 is 0 Å². The molecule has 0 atom stereocenters. The summed E-state index contributed by atoms with van der Waals surface area (Å²) >= 11 is 0. The molecule has 0 saturated heterocycles. The van der Waals surface area contributed by atoms with Gasteiger partial charge in [-0.3, -0.25) is 0 Å². The molecule has 0 unspecified atom stereocenters. The van der Waals surface area contributed by atoms with Crippen molar-refractivity contribution in [2.45, 2.75) is 12.8 Å². The van der Waals surface area contributed by atoms with E-state index in [1.165, 1.54) is 0 Å². The molecule has 5 heteroatoms. The van der Waals surface area contributed by atoms with Crippen molar-refractivity contribution in [2.75, 3.05) is 0 Å². The number of nitriles is 3. The number of benzene rings is 6. The van der Waals surface area contributed by atoms with Crippen LogP contribution in [0.15, 0.2) is 140 Å². The van der Waals surface area contributed by atoms with Gasteiger partial charge in [0.05, 0.1) is 57.0 Å². The molecule has 0 spiro atoms. The van der Waals surface area contributed by atoms with Crippen molar-refractivity contribution in [3.05, 3.63) is 162 Å². The number of para-hydroxylation sites is 2. The lowest BCUT2D eigenvalue weighted by molar-refractivity contribution is 0.983. The Morgan fingerprint density at radius 1 is 0.500 bits per heavy atom. The molecule has 50 heavy (non-hydrogen) atoms. The van der Waals surface area contributed by atoms with Crippen LogP contribution in [0, 0.1) is 34.0 Å². The third kappa shape index (κ3) is 4.45. The summed E-state index contributed by atoms with van der Waals surface area (Å²) in [5.74, 6) is 0. The van der Waals surface area contributed by atoms with Crippen molar-refractivity contribution in [1.29, 1.82) is 15.8 Å². The van der Waals surface area contributed by atoms with E-state index in [0.717, 1.165) is 90.1 Å². The Morgan fingerprint density at radius 2 is 1.12 bits per heavy atom. The van der Waals surface area contributed by atoms with Gasteiger partial charge in [0, 0.05) is 44.1 Å². The fourth-order valence-electron chi connectivity index (χ4n) is 7.66. The van der Waals surface area contributed by atoms with Crippen LogP contribution in [0.4, 0.5) is 0 Å². The van der Waals surface area contributed by atoms with Crippen LogP contribution in [-0.4, -0.2) is 9.13 Å². The number of aromatic nitrogens is 2. The lowest BCUT2D eigenvalue weighted by Crippen LogP contribution is -2.04. The van der Waals surface area contributed by atoms with Gasteiger partial charge in [0.1, 0.15) is 0 Å². The predicted molar refractivity (Wildman–Crippen MR) is 201 cm³/mol. The average molecular weight is 638 g/mol. The molecule has 2 heterocycles. The number of hydrogen-bond acceptors (Lipinski definition) is 3. The maximum atomic E-state index is 10.6. The van der Waals surface area contributed by atoms with Gasteiger partial charge in [0.2, 0.25) is 0 Å². The summed E-state index contributed by atoms with van der Waals surface area (Å²) in [4.78, 5) is 0. The molecule has 0 saturated carbocycles. The third-order valence-corrected chi connectivity index (χ3v) is 9.88. The van der Waals surface area contributed by atoms with E-state index in [1.807, 2.05) is 66.7 Å². The van der Waals surface area contributed by atoms with Gasteiger partial charge in [-0.05, 0) is 90.7 Å². The molecule has 0 radical (unpaired) electrons. The maximum absolute atomic E-state index is 10.6. The van der Waals surface area contributed by atoms with Gasteiger partial charge in [0.15, 0.2) is 0 Å². The van der Waals surface area contributed by atoms with Gasteiger partial charge in [-0.25, -0.2) is 0 Å². The number of fused-ring (bicyclic) bond motifs is 6. The highest BCUT2D eigenvalue weighted by Gasteiger charge is 2.21. The van der Waals surface area contributed by atoms with Gasteiger partial charge in [-0.2, -0.15) is 15.8 Å². The first-order valence-electron chi connectivity index (χ1n) is 16.6. The minimum Gasteiger partial charge on any atom is -0.312 e. The highest BCUT2D eigenvalue weighted by molar-refractivity contribution is 6.12. The van der Waals surface area contributed by atoms with Crippen molar-refractivity contribution >= 4 is 54.9 Å². The van der Waals surface area contributed by atoms with Crippen LogP contribution in [0.5, 0.6) is 0 Å². The molecule has 2 aromatic heterocycles. The zero-order valence-corrected chi connectivity index (χ0v) is 26.9. The van der Waals surface area contributed by atoms with Crippen LogP contribution in [0.1, 0.15) is 35.1 Å². The van der Waals surface area contributed by atoms with Crippen LogP contribution >= 0.6 is 0 Å². The Kier molecular flexibility index (Phi) is 6.70. The molecule has 0 fully saturated rings. The second-order valence-electron chi connectivity index (χ2n) is 12.6. The summed E-state index contributed by atoms with van der Waals surface area (Å²) in [5, 5.41) is 34.0. The number of nitrogens with zero attached hydrogens (tertiary/aromatic N) is 5. The van der Waals surface area contributed by atoms with Gasteiger partial charge < -0.3 is 9.13 Å². The van der Waals surface area contributed by atoms with Crippen molar-refractivity contribution in [1.82, 2.24) is 9.13 Å². The lowest BCUT2D eigenvalue weighted by atomic mass is 9.90. The predicted octanol–water partition coefficient (Wildman–Crippen LogP) is 10.9. The van der Waals surface area contributed by atoms with E-state index in [4.69, 9.17) is 0 Å². The second kappa shape index (κ2) is 11.5. The van der Waals surface area contributed by atoms with Crippen LogP contribution in [0.2, 0.25) is 0 Å².